The minimum absolute atomic E-state index is 0.130. The lowest BCUT2D eigenvalue weighted by atomic mass is 10.2. The first-order chi connectivity index (χ1) is 15.8. The van der Waals surface area contributed by atoms with Crippen molar-refractivity contribution < 1.29 is 27.4 Å². The average Bonchev–Trinajstić information content (AvgIpc) is 3.60. The van der Waals surface area contributed by atoms with Gasteiger partial charge >= 0.3 is 12.5 Å². The molecule has 2 atom stereocenters. The number of nitrogens with one attached hydrogen (secondary N) is 1. The summed E-state index contributed by atoms with van der Waals surface area (Å²) in [5.41, 5.74) is 1.43. The molecule has 2 heterocycles. The fraction of sp³-hybridized carbons (Fsp3) is 0.565. The molecule has 1 amide bonds. The van der Waals surface area contributed by atoms with Gasteiger partial charge in [0.15, 0.2) is 0 Å². The number of benzene rings is 1. The molecule has 3 aliphatic rings. The SMILES string of the molecule is CCN1CC2C(C1)C2CN(Cc1cccc(OC(F)(F)F)c1)C(=O)Oc1cc(C2CC2)n[nH]1. The fourth-order valence-corrected chi connectivity index (χ4v) is 4.90. The highest BCUT2D eigenvalue weighted by atomic mass is 19.4. The van der Waals surface area contributed by atoms with E-state index >= 15 is 0 Å². The van der Waals surface area contributed by atoms with Crippen LogP contribution in [0.15, 0.2) is 30.3 Å². The second-order valence-corrected chi connectivity index (χ2v) is 9.22. The first kappa shape index (κ1) is 22.1. The number of halogens is 3. The Bertz CT molecular complexity index is 995. The van der Waals surface area contributed by atoms with E-state index < -0.39 is 12.5 Å². The molecule has 0 spiro atoms. The summed E-state index contributed by atoms with van der Waals surface area (Å²) < 4.78 is 47.5. The molecule has 7 nitrogen and oxygen atoms in total. The number of carbonyl (C=O) groups is 1. The van der Waals surface area contributed by atoms with Gasteiger partial charge in [-0.2, -0.15) is 5.10 Å². The van der Waals surface area contributed by atoms with Gasteiger partial charge < -0.3 is 19.3 Å². The zero-order valence-electron chi connectivity index (χ0n) is 18.3. The van der Waals surface area contributed by atoms with Crippen molar-refractivity contribution in [2.45, 2.75) is 38.6 Å². The number of likely N-dealkylation sites (tertiary alicyclic amines) is 1. The molecule has 33 heavy (non-hydrogen) atoms. The van der Waals surface area contributed by atoms with Gasteiger partial charge in [-0.15, -0.1) is 13.2 Å². The Morgan fingerprint density at radius 2 is 2.00 bits per heavy atom. The van der Waals surface area contributed by atoms with Crippen LogP contribution < -0.4 is 9.47 Å². The molecule has 1 aromatic heterocycles. The summed E-state index contributed by atoms with van der Waals surface area (Å²) in [7, 11) is 0. The molecule has 0 radical (unpaired) electrons. The van der Waals surface area contributed by atoms with Crippen LogP contribution in [-0.2, 0) is 6.54 Å². The van der Waals surface area contributed by atoms with E-state index in [2.05, 4.69) is 26.8 Å². The lowest BCUT2D eigenvalue weighted by molar-refractivity contribution is -0.274. The number of carbonyl (C=O) groups excluding carboxylic acids is 1. The Labute approximate surface area is 189 Å². The van der Waals surface area contributed by atoms with Crippen LogP contribution in [0.4, 0.5) is 18.0 Å². The van der Waals surface area contributed by atoms with Crippen LogP contribution >= 0.6 is 0 Å². The van der Waals surface area contributed by atoms with Crippen LogP contribution in [0, 0.1) is 17.8 Å². The molecule has 1 aromatic carbocycles. The molecule has 0 bridgehead atoms. The molecule has 2 aromatic rings. The number of ether oxygens (including phenoxy) is 2. The largest absolute Gasteiger partial charge is 0.573 e. The van der Waals surface area contributed by atoms with Gasteiger partial charge in [0.05, 0.1) is 5.69 Å². The summed E-state index contributed by atoms with van der Waals surface area (Å²) in [6.45, 7) is 5.83. The quantitative estimate of drug-likeness (QED) is 0.628. The van der Waals surface area contributed by atoms with Gasteiger partial charge in [-0.05, 0) is 54.8 Å². The number of nitrogens with zero attached hydrogens (tertiary/aromatic N) is 3. The predicted octanol–water partition coefficient (Wildman–Crippen LogP) is 4.38. The number of alkyl halides is 3. The van der Waals surface area contributed by atoms with Crippen LogP contribution in [0.1, 0.15) is 36.9 Å². The smallest absolute Gasteiger partial charge is 0.406 e. The van der Waals surface area contributed by atoms with E-state index in [1.807, 2.05) is 0 Å². The van der Waals surface area contributed by atoms with Crippen molar-refractivity contribution in [2.75, 3.05) is 26.2 Å². The second-order valence-electron chi connectivity index (χ2n) is 9.22. The zero-order chi connectivity index (χ0) is 23.2. The van der Waals surface area contributed by atoms with Crippen LogP contribution in [0.25, 0.3) is 0 Å². The van der Waals surface area contributed by atoms with Crippen LogP contribution in [0.5, 0.6) is 11.6 Å². The standard InChI is InChI=1S/C23H27F3N4O3/c1-2-29-11-17-18(12-29)19(17)13-30(10-14-4-3-5-16(8-14)33-23(24,25)26)22(31)32-21-9-20(27-28-21)15-6-7-15/h3-5,8-9,15,17-19H,2,6-7,10-13H2,1H3,(H,27,28). The number of aromatic nitrogens is 2. The molecular formula is C23H27F3N4O3. The van der Waals surface area contributed by atoms with Gasteiger partial charge in [0.1, 0.15) is 5.75 Å². The molecule has 2 aliphatic carbocycles. The Hall–Kier alpha value is -2.75. The lowest BCUT2D eigenvalue weighted by Crippen LogP contribution is -2.36. The van der Waals surface area contributed by atoms with E-state index in [1.54, 1.807) is 17.0 Å². The third kappa shape index (κ3) is 5.26. The third-order valence-electron chi connectivity index (χ3n) is 6.86. The highest BCUT2D eigenvalue weighted by Gasteiger charge is 2.55. The molecule has 2 unspecified atom stereocenters. The molecule has 178 valence electrons. The highest BCUT2D eigenvalue weighted by molar-refractivity contribution is 5.70. The number of piperidine rings is 1. The molecule has 1 N–H and O–H groups in total. The maximum atomic E-state index is 13.1. The highest BCUT2D eigenvalue weighted by Crippen LogP contribution is 2.52. The van der Waals surface area contributed by atoms with Gasteiger partial charge in [-0.1, -0.05) is 19.1 Å². The molecule has 10 heteroatoms. The van der Waals surface area contributed by atoms with E-state index in [0.29, 0.717) is 35.8 Å². The molecular weight excluding hydrogens is 437 g/mol. The fourth-order valence-electron chi connectivity index (χ4n) is 4.90. The Kier molecular flexibility index (Phi) is 5.72. The van der Waals surface area contributed by atoms with Crippen molar-refractivity contribution in [3.8, 4) is 11.6 Å². The minimum atomic E-state index is -4.77. The summed E-state index contributed by atoms with van der Waals surface area (Å²) in [5, 5.41) is 6.97. The Morgan fingerprint density at radius 1 is 1.24 bits per heavy atom. The van der Waals surface area contributed by atoms with Crippen LogP contribution in [0.3, 0.4) is 0 Å². The number of hydrogen-bond acceptors (Lipinski definition) is 5. The summed E-state index contributed by atoms with van der Waals surface area (Å²) >= 11 is 0. The van der Waals surface area contributed by atoms with E-state index in [9.17, 15) is 18.0 Å². The number of amides is 1. The van der Waals surface area contributed by atoms with Crippen LogP contribution in [-0.4, -0.2) is 58.6 Å². The predicted molar refractivity (Wildman–Crippen MR) is 113 cm³/mol. The topological polar surface area (TPSA) is 70.7 Å². The van der Waals surface area contributed by atoms with Gasteiger partial charge in [-0.25, -0.2) is 9.89 Å². The Balaban J connectivity index is 1.28. The summed E-state index contributed by atoms with van der Waals surface area (Å²) in [5.74, 6) is 1.88. The first-order valence-corrected chi connectivity index (χ1v) is 11.4. The summed E-state index contributed by atoms with van der Waals surface area (Å²) in [4.78, 5) is 17.0. The van der Waals surface area contributed by atoms with Crippen molar-refractivity contribution in [3.63, 3.8) is 0 Å². The number of hydrogen-bond donors (Lipinski definition) is 1. The second kappa shape index (κ2) is 8.55. The number of rotatable bonds is 8. The van der Waals surface area contributed by atoms with Gasteiger partial charge in [0.25, 0.3) is 0 Å². The minimum Gasteiger partial charge on any atom is -0.406 e. The van der Waals surface area contributed by atoms with Crippen molar-refractivity contribution in [1.29, 1.82) is 0 Å². The van der Waals surface area contributed by atoms with Crippen LogP contribution in [0.2, 0.25) is 0 Å². The maximum Gasteiger partial charge on any atom is 0.573 e. The van der Waals surface area contributed by atoms with Crippen molar-refractivity contribution in [2.24, 2.45) is 17.8 Å². The van der Waals surface area contributed by atoms with Gasteiger partial charge in [-0.3, -0.25) is 0 Å². The summed E-state index contributed by atoms with van der Waals surface area (Å²) in [6, 6.07) is 7.46. The van der Waals surface area contributed by atoms with E-state index in [-0.39, 0.29) is 18.2 Å². The zero-order valence-corrected chi connectivity index (χ0v) is 18.3. The average molecular weight is 464 g/mol. The normalized spacial score (nSPS) is 24.4. The molecule has 5 rings (SSSR count). The number of fused-ring (bicyclic) bond motifs is 1. The molecule has 2 saturated carbocycles. The molecule has 3 fully saturated rings. The van der Waals surface area contributed by atoms with Crippen molar-refractivity contribution in [1.82, 2.24) is 20.0 Å². The Morgan fingerprint density at radius 3 is 2.67 bits per heavy atom. The van der Waals surface area contributed by atoms with Gasteiger partial charge in [0, 0.05) is 38.2 Å². The summed E-state index contributed by atoms with van der Waals surface area (Å²) in [6.07, 6.45) is -3.14. The van der Waals surface area contributed by atoms with Crippen molar-refractivity contribution >= 4 is 6.09 Å². The first-order valence-electron chi connectivity index (χ1n) is 11.4. The molecule has 1 saturated heterocycles. The van der Waals surface area contributed by atoms with E-state index in [4.69, 9.17) is 4.74 Å². The number of H-pyrrole nitrogens is 1. The van der Waals surface area contributed by atoms with Gasteiger partial charge in [0.2, 0.25) is 5.88 Å². The van der Waals surface area contributed by atoms with Crippen molar-refractivity contribution in [3.05, 3.63) is 41.6 Å². The van der Waals surface area contributed by atoms with E-state index in [0.717, 1.165) is 38.2 Å². The maximum absolute atomic E-state index is 13.1. The van der Waals surface area contributed by atoms with E-state index in [1.165, 1.54) is 18.2 Å². The number of aromatic amines is 1. The third-order valence-corrected chi connectivity index (χ3v) is 6.86. The lowest BCUT2D eigenvalue weighted by Gasteiger charge is -2.24. The monoisotopic (exact) mass is 464 g/mol. The molecule has 1 aliphatic heterocycles.